The van der Waals surface area contributed by atoms with Crippen LogP contribution in [0.4, 0.5) is 5.00 Å². The summed E-state index contributed by atoms with van der Waals surface area (Å²) in [5, 5.41) is 13.0. The second-order valence-corrected chi connectivity index (χ2v) is 8.36. The lowest BCUT2D eigenvalue weighted by atomic mass is 10.2. The number of carbonyl (C=O) groups excluding carboxylic acids is 2. The van der Waals surface area contributed by atoms with Crippen LogP contribution in [0.2, 0.25) is 0 Å². The van der Waals surface area contributed by atoms with Gasteiger partial charge < -0.3 is 19.0 Å². The van der Waals surface area contributed by atoms with Crippen LogP contribution in [0.1, 0.15) is 33.5 Å². The normalized spacial score (nSPS) is 11.0. The zero-order chi connectivity index (χ0) is 24.5. The minimum absolute atomic E-state index is 0.00326. The van der Waals surface area contributed by atoms with Crippen molar-refractivity contribution >= 4 is 39.0 Å². The van der Waals surface area contributed by atoms with Crippen LogP contribution in [0.5, 0.6) is 0 Å². The van der Waals surface area contributed by atoms with Crippen LogP contribution in [0, 0.1) is 6.92 Å². The van der Waals surface area contributed by atoms with E-state index in [0.29, 0.717) is 11.4 Å². The summed E-state index contributed by atoms with van der Waals surface area (Å²) in [6, 6.07) is 11.9. The van der Waals surface area contributed by atoms with Gasteiger partial charge in [-0.15, -0.1) is 11.3 Å². The largest absolute Gasteiger partial charge is 0.461 e. The van der Waals surface area contributed by atoms with Crippen LogP contribution in [-0.2, 0) is 4.74 Å². The third-order valence-electron chi connectivity index (χ3n) is 5.13. The molecule has 176 valence electrons. The number of thiophene rings is 1. The molecule has 1 aromatic carbocycles. The first-order valence-electron chi connectivity index (χ1n) is 10.6. The van der Waals surface area contributed by atoms with Crippen molar-refractivity contribution in [2.45, 2.75) is 13.8 Å². The number of carbonyl (C=O) groups is 2. The fourth-order valence-corrected chi connectivity index (χ4v) is 4.37. The fourth-order valence-electron chi connectivity index (χ4n) is 3.44. The smallest absolute Gasteiger partial charge is 0.359 e. The van der Waals surface area contributed by atoms with Crippen molar-refractivity contribution in [1.29, 1.82) is 0 Å². The van der Waals surface area contributed by atoms with Crippen molar-refractivity contribution in [3.8, 4) is 17.2 Å². The van der Waals surface area contributed by atoms with Gasteiger partial charge in [-0.1, -0.05) is 22.9 Å². The summed E-state index contributed by atoms with van der Waals surface area (Å²) < 4.78 is 16.7. The van der Waals surface area contributed by atoms with Crippen molar-refractivity contribution in [3.05, 3.63) is 81.4 Å². The van der Waals surface area contributed by atoms with Crippen LogP contribution >= 0.6 is 11.3 Å². The Morgan fingerprint density at radius 2 is 1.97 bits per heavy atom. The number of esters is 1. The third kappa shape index (κ3) is 4.13. The monoisotopic (exact) mass is 490 g/mol. The predicted octanol–water partition coefficient (Wildman–Crippen LogP) is 4.43. The van der Waals surface area contributed by atoms with E-state index in [1.165, 1.54) is 12.3 Å². The lowest BCUT2D eigenvalue weighted by Crippen LogP contribution is -2.25. The Labute approximate surface area is 201 Å². The molecule has 0 saturated carbocycles. The van der Waals surface area contributed by atoms with E-state index < -0.39 is 17.4 Å². The lowest BCUT2D eigenvalue weighted by molar-refractivity contribution is 0.0520. The first kappa shape index (κ1) is 22.3. The minimum Gasteiger partial charge on any atom is -0.461 e. The summed E-state index contributed by atoms with van der Waals surface area (Å²) in [5.41, 5.74) is 0.941. The molecule has 10 nitrogen and oxygen atoms in total. The highest BCUT2D eigenvalue weighted by molar-refractivity contribution is 7.16. The molecule has 0 aliphatic heterocycles. The maximum Gasteiger partial charge on any atom is 0.359 e. The first-order chi connectivity index (χ1) is 17.0. The van der Waals surface area contributed by atoms with Crippen LogP contribution in [-0.4, -0.2) is 33.4 Å². The number of fused-ring (bicyclic) bond motifs is 1. The van der Waals surface area contributed by atoms with Gasteiger partial charge in [-0.2, -0.15) is 9.78 Å². The SMILES string of the molecule is CCOC(=O)c1nn(-c2ccc(C)cc2)c(=O)c2c(NC(=O)c3cc(-c4ccco4)on3)scc12. The van der Waals surface area contributed by atoms with E-state index in [4.69, 9.17) is 13.7 Å². The summed E-state index contributed by atoms with van der Waals surface area (Å²) in [7, 11) is 0. The topological polar surface area (TPSA) is 129 Å². The number of nitrogens with one attached hydrogen (secondary N) is 1. The number of aryl methyl sites for hydroxylation is 1. The van der Waals surface area contributed by atoms with Crippen molar-refractivity contribution < 1.29 is 23.3 Å². The van der Waals surface area contributed by atoms with E-state index in [0.717, 1.165) is 21.6 Å². The van der Waals surface area contributed by atoms with Gasteiger partial charge in [0.15, 0.2) is 17.1 Å². The summed E-state index contributed by atoms with van der Waals surface area (Å²) in [4.78, 5) is 39.0. The number of rotatable bonds is 6. The van der Waals surface area contributed by atoms with E-state index in [1.54, 1.807) is 36.6 Å². The summed E-state index contributed by atoms with van der Waals surface area (Å²) in [6.45, 7) is 3.74. The molecule has 0 aliphatic carbocycles. The van der Waals surface area contributed by atoms with E-state index in [2.05, 4.69) is 15.6 Å². The number of anilines is 1. The van der Waals surface area contributed by atoms with Gasteiger partial charge in [0.1, 0.15) is 5.00 Å². The molecule has 0 saturated heterocycles. The van der Waals surface area contributed by atoms with Gasteiger partial charge in [0.25, 0.3) is 11.5 Å². The molecule has 4 heterocycles. The number of amides is 1. The Morgan fingerprint density at radius 3 is 2.69 bits per heavy atom. The van der Waals surface area contributed by atoms with Gasteiger partial charge in [0.2, 0.25) is 5.76 Å². The van der Waals surface area contributed by atoms with Gasteiger partial charge in [0, 0.05) is 16.8 Å². The van der Waals surface area contributed by atoms with Crippen molar-refractivity contribution in [1.82, 2.24) is 14.9 Å². The number of aromatic nitrogens is 3. The second kappa shape index (κ2) is 9.03. The number of nitrogens with zero attached hydrogens (tertiary/aromatic N) is 3. The molecule has 5 aromatic rings. The molecule has 0 radical (unpaired) electrons. The van der Waals surface area contributed by atoms with Gasteiger partial charge in [-0.25, -0.2) is 4.79 Å². The molecular weight excluding hydrogens is 472 g/mol. The average Bonchev–Trinajstić information content (AvgIpc) is 3.61. The van der Waals surface area contributed by atoms with Gasteiger partial charge in [-0.05, 0) is 38.1 Å². The lowest BCUT2D eigenvalue weighted by Gasteiger charge is -2.10. The molecule has 4 aromatic heterocycles. The fraction of sp³-hybridized carbons (Fsp3) is 0.125. The van der Waals surface area contributed by atoms with Crippen LogP contribution in [0.15, 0.2) is 67.8 Å². The molecule has 11 heteroatoms. The highest BCUT2D eigenvalue weighted by atomic mass is 32.1. The van der Waals surface area contributed by atoms with Crippen molar-refractivity contribution in [2.24, 2.45) is 0 Å². The van der Waals surface area contributed by atoms with Gasteiger partial charge in [-0.3, -0.25) is 9.59 Å². The van der Waals surface area contributed by atoms with Gasteiger partial charge >= 0.3 is 5.97 Å². The van der Waals surface area contributed by atoms with Crippen LogP contribution in [0.25, 0.3) is 28.0 Å². The van der Waals surface area contributed by atoms with Crippen LogP contribution in [0.3, 0.4) is 0 Å². The molecule has 0 fully saturated rings. The molecule has 0 spiro atoms. The number of hydrogen-bond donors (Lipinski definition) is 1. The second-order valence-electron chi connectivity index (χ2n) is 7.48. The minimum atomic E-state index is -0.673. The Kier molecular flexibility index (Phi) is 5.75. The van der Waals surface area contributed by atoms with E-state index >= 15 is 0 Å². The molecule has 35 heavy (non-hydrogen) atoms. The molecule has 0 unspecified atom stereocenters. The Balaban J connectivity index is 1.58. The van der Waals surface area contributed by atoms with E-state index in [9.17, 15) is 14.4 Å². The maximum absolute atomic E-state index is 13.5. The highest BCUT2D eigenvalue weighted by Crippen LogP contribution is 2.31. The molecule has 1 amide bonds. The number of benzene rings is 1. The van der Waals surface area contributed by atoms with Crippen molar-refractivity contribution in [3.63, 3.8) is 0 Å². The Hall–Kier alpha value is -4.51. The third-order valence-corrected chi connectivity index (χ3v) is 6.03. The molecule has 0 atom stereocenters. The Morgan fingerprint density at radius 1 is 1.17 bits per heavy atom. The standard InChI is InChI=1S/C24H18N4O6S/c1-3-32-24(31)20-15-12-35-22(19(15)23(30)28(26-20)14-8-6-13(2)7-9-14)25-21(29)16-11-18(34-27-16)17-5-4-10-33-17/h4-12H,3H2,1-2H3,(H,25,29). The molecule has 0 bridgehead atoms. The van der Waals surface area contributed by atoms with E-state index in [1.807, 2.05) is 19.1 Å². The summed E-state index contributed by atoms with van der Waals surface area (Å²) in [5.74, 6) is -0.560. The quantitative estimate of drug-likeness (QED) is 0.346. The zero-order valence-corrected chi connectivity index (χ0v) is 19.4. The summed E-state index contributed by atoms with van der Waals surface area (Å²) >= 11 is 1.09. The number of furan rings is 1. The van der Waals surface area contributed by atoms with Gasteiger partial charge in [0.05, 0.1) is 23.9 Å². The Bertz CT molecular complexity index is 1600. The predicted molar refractivity (Wildman–Crippen MR) is 128 cm³/mol. The molecule has 5 rings (SSSR count). The summed E-state index contributed by atoms with van der Waals surface area (Å²) in [6.07, 6.45) is 1.48. The van der Waals surface area contributed by atoms with Crippen LogP contribution < -0.4 is 10.9 Å². The molecule has 1 N–H and O–H groups in total. The molecule has 0 aliphatic rings. The average molecular weight is 490 g/mol. The van der Waals surface area contributed by atoms with E-state index in [-0.39, 0.29) is 39.5 Å². The molecular formula is C24H18N4O6S. The number of ether oxygens (including phenoxy) is 1. The first-order valence-corrected chi connectivity index (χ1v) is 11.4. The zero-order valence-electron chi connectivity index (χ0n) is 18.6. The van der Waals surface area contributed by atoms with Crippen molar-refractivity contribution in [2.75, 3.05) is 11.9 Å². The maximum atomic E-state index is 13.5. The highest BCUT2D eigenvalue weighted by Gasteiger charge is 2.24. The number of hydrogen-bond acceptors (Lipinski definition) is 9.